The Balaban J connectivity index is 1.36. The van der Waals surface area contributed by atoms with Crippen molar-refractivity contribution in [2.24, 2.45) is 0 Å². The normalized spacial score (nSPS) is 10.7. The molecule has 0 saturated carbocycles. The van der Waals surface area contributed by atoms with Gasteiger partial charge in [0.25, 0.3) is 5.91 Å². The number of rotatable bonds is 5. The highest BCUT2D eigenvalue weighted by Gasteiger charge is 2.12. The van der Waals surface area contributed by atoms with Crippen LogP contribution in [0.1, 0.15) is 16.1 Å². The van der Waals surface area contributed by atoms with E-state index in [0.717, 1.165) is 10.9 Å². The minimum absolute atomic E-state index is 0.133. The maximum atomic E-state index is 12.4. The lowest BCUT2D eigenvalue weighted by Gasteiger charge is -2.07. The Hall–Kier alpha value is -3.57. The predicted molar refractivity (Wildman–Crippen MR) is 114 cm³/mol. The van der Waals surface area contributed by atoms with E-state index in [1.54, 1.807) is 42.5 Å². The maximum absolute atomic E-state index is 12.4. The van der Waals surface area contributed by atoms with Crippen LogP contribution in [0.5, 0.6) is 0 Å². The van der Waals surface area contributed by atoms with Gasteiger partial charge >= 0.3 is 0 Å². The number of anilines is 2. The van der Waals surface area contributed by atoms with E-state index >= 15 is 0 Å². The van der Waals surface area contributed by atoms with Crippen molar-refractivity contribution in [3.8, 4) is 0 Å². The molecular formula is C23H17ClN2O3. The number of hydrogen-bond acceptors (Lipinski definition) is 3. The Morgan fingerprint density at radius 1 is 0.828 bits per heavy atom. The summed E-state index contributed by atoms with van der Waals surface area (Å²) in [5, 5.41) is 7.12. The molecule has 0 atom stereocenters. The van der Waals surface area contributed by atoms with Gasteiger partial charge in [-0.25, -0.2) is 0 Å². The van der Waals surface area contributed by atoms with E-state index in [2.05, 4.69) is 10.6 Å². The molecule has 2 amide bonds. The van der Waals surface area contributed by atoms with Gasteiger partial charge in [-0.3, -0.25) is 9.59 Å². The van der Waals surface area contributed by atoms with E-state index in [1.807, 2.05) is 36.4 Å². The number of halogens is 1. The zero-order chi connectivity index (χ0) is 20.2. The van der Waals surface area contributed by atoms with E-state index in [9.17, 15) is 9.59 Å². The molecule has 0 aliphatic heterocycles. The third-order valence-electron chi connectivity index (χ3n) is 4.35. The Labute approximate surface area is 172 Å². The second-order valence-electron chi connectivity index (χ2n) is 6.53. The van der Waals surface area contributed by atoms with Gasteiger partial charge in [0.1, 0.15) is 5.58 Å². The molecule has 4 rings (SSSR count). The zero-order valence-corrected chi connectivity index (χ0v) is 16.1. The molecule has 0 aliphatic carbocycles. The molecule has 0 saturated heterocycles. The second kappa shape index (κ2) is 8.20. The highest BCUT2D eigenvalue weighted by atomic mass is 35.5. The smallest absolute Gasteiger partial charge is 0.291 e. The first-order valence-corrected chi connectivity index (χ1v) is 9.39. The van der Waals surface area contributed by atoms with Crippen LogP contribution in [0.15, 0.2) is 83.3 Å². The van der Waals surface area contributed by atoms with Crippen molar-refractivity contribution < 1.29 is 14.0 Å². The lowest BCUT2D eigenvalue weighted by Crippen LogP contribution is -2.14. The monoisotopic (exact) mass is 404 g/mol. The number of fused-ring (bicyclic) bond motifs is 1. The van der Waals surface area contributed by atoms with Crippen LogP contribution in [0.25, 0.3) is 11.0 Å². The summed E-state index contributed by atoms with van der Waals surface area (Å²) in [5.41, 5.74) is 2.79. The molecule has 1 aromatic heterocycles. The van der Waals surface area contributed by atoms with Crippen molar-refractivity contribution in [1.29, 1.82) is 0 Å². The highest BCUT2D eigenvalue weighted by Crippen LogP contribution is 2.21. The highest BCUT2D eigenvalue weighted by molar-refractivity contribution is 6.30. The minimum Gasteiger partial charge on any atom is -0.451 e. The molecule has 6 heteroatoms. The Kier molecular flexibility index (Phi) is 5.31. The molecule has 5 nitrogen and oxygen atoms in total. The number of carbonyl (C=O) groups is 2. The topological polar surface area (TPSA) is 71.3 Å². The lowest BCUT2D eigenvalue weighted by molar-refractivity contribution is -0.115. The van der Waals surface area contributed by atoms with Gasteiger partial charge in [-0.05, 0) is 54.1 Å². The Bertz CT molecular complexity index is 1130. The summed E-state index contributed by atoms with van der Waals surface area (Å²) in [7, 11) is 0. The molecule has 1 heterocycles. The number of carbonyl (C=O) groups excluding carboxylic acids is 2. The molecular weight excluding hydrogens is 388 g/mol. The van der Waals surface area contributed by atoms with Gasteiger partial charge < -0.3 is 15.1 Å². The molecule has 4 aromatic rings. The summed E-state index contributed by atoms with van der Waals surface area (Å²) < 4.78 is 5.57. The van der Waals surface area contributed by atoms with Crippen LogP contribution in [0.3, 0.4) is 0 Å². The van der Waals surface area contributed by atoms with Crippen LogP contribution in [0.2, 0.25) is 5.02 Å². The first-order chi connectivity index (χ1) is 14.1. The summed E-state index contributed by atoms with van der Waals surface area (Å²) >= 11 is 5.85. The maximum Gasteiger partial charge on any atom is 0.291 e. The van der Waals surface area contributed by atoms with Gasteiger partial charge in [0.2, 0.25) is 5.91 Å². The molecule has 2 N–H and O–H groups in total. The van der Waals surface area contributed by atoms with Crippen molar-refractivity contribution in [1.82, 2.24) is 0 Å². The van der Waals surface area contributed by atoms with Gasteiger partial charge in [0.15, 0.2) is 5.76 Å². The van der Waals surface area contributed by atoms with Gasteiger partial charge in [-0.2, -0.15) is 0 Å². The fourth-order valence-electron chi connectivity index (χ4n) is 2.92. The summed E-state index contributed by atoms with van der Waals surface area (Å²) in [4.78, 5) is 24.6. The minimum atomic E-state index is -0.333. The number of hydrogen-bond donors (Lipinski definition) is 2. The molecule has 0 radical (unpaired) electrons. The Morgan fingerprint density at radius 3 is 2.17 bits per heavy atom. The number of amides is 2. The van der Waals surface area contributed by atoms with Crippen LogP contribution < -0.4 is 10.6 Å². The van der Waals surface area contributed by atoms with E-state index in [0.29, 0.717) is 22.0 Å². The third kappa shape index (κ3) is 4.65. The van der Waals surface area contributed by atoms with Crippen molar-refractivity contribution in [3.63, 3.8) is 0 Å². The predicted octanol–water partition coefficient (Wildman–Crippen LogP) is 5.52. The van der Waals surface area contributed by atoms with E-state index in [4.69, 9.17) is 16.0 Å². The summed E-state index contributed by atoms with van der Waals surface area (Å²) in [6.07, 6.45) is 0.252. The molecule has 144 valence electrons. The average Bonchev–Trinajstić information content (AvgIpc) is 3.16. The van der Waals surface area contributed by atoms with Crippen LogP contribution in [-0.4, -0.2) is 11.8 Å². The SMILES string of the molecule is O=C(Cc1ccc(Cl)cc1)Nc1ccc(NC(=O)c2cc3ccccc3o2)cc1. The summed E-state index contributed by atoms with van der Waals surface area (Å²) in [6.45, 7) is 0. The number of furan rings is 1. The van der Waals surface area contributed by atoms with E-state index in [-0.39, 0.29) is 24.0 Å². The first-order valence-electron chi connectivity index (χ1n) is 9.01. The second-order valence-corrected chi connectivity index (χ2v) is 6.97. The van der Waals surface area contributed by atoms with Gasteiger partial charge in [0, 0.05) is 21.8 Å². The van der Waals surface area contributed by atoms with Crippen LogP contribution >= 0.6 is 11.6 Å². The molecule has 29 heavy (non-hydrogen) atoms. The largest absolute Gasteiger partial charge is 0.451 e. The number of benzene rings is 3. The van der Waals surface area contributed by atoms with Crippen LogP contribution in [0, 0.1) is 0 Å². The quantitative estimate of drug-likeness (QED) is 0.460. The van der Waals surface area contributed by atoms with Gasteiger partial charge in [-0.1, -0.05) is 41.9 Å². The number of para-hydroxylation sites is 1. The average molecular weight is 405 g/mol. The standard InChI is InChI=1S/C23H17ClN2O3/c24-17-7-5-15(6-8-17)13-22(27)25-18-9-11-19(12-10-18)26-23(28)21-14-16-3-1-2-4-20(16)29-21/h1-12,14H,13H2,(H,25,27)(H,26,28). The molecule has 0 fully saturated rings. The van der Waals surface area contributed by atoms with Gasteiger partial charge in [0.05, 0.1) is 6.42 Å². The third-order valence-corrected chi connectivity index (χ3v) is 4.61. The fraction of sp³-hybridized carbons (Fsp3) is 0.0435. The number of nitrogens with one attached hydrogen (secondary N) is 2. The summed E-state index contributed by atoms with van der Waals surface area (Å²) in [5.74, 6) is -0.223. The zero-order valence-electron chi connectivity index (χ0n) is 15.3. The molecule has 0 unspecified atom stereocenters. The fourth-order valence-corrected chi connectivity index (χ4v) is 3.04. The molecule has 0 bridgehead atoms. The Morgan fingerprint density at radius 2 is 1.48 bits per heavy atom. The molecule has 0 aliphatic rings. The van der Waals surface area contributed by atoms with E-state index < -0.39 is 0 Å². The van der Waals surface area contributed by atoms with Crippen LogP contribution in [-0.2, 0) is 11.2 Å². The van der Waals surface area contributed by atoms with Crippen molar-refractivity contribution >= 4 is 45.8 Å². The van der Waals surface area contributed by atoms with Gasteiger partial charge in [-0.15, -0.1) is 0 Å². The van der Waals surface area contributed by atoms with Crippen molar-refractivity contribution in [3.05, 3.63) is 95.2 Å². The van der Waals surface area contributed by atoms with Crippen LogP contribution in [0.4, 0.5) is 11.4 Å². The van der Waals surface area contributed by atoms with Crippen molar-refractivity contribution in [2.45, 2.75) is 6.42 Å². The summed E-state index contributed by atoms with van der Waals surface area (Å²) in [6, 6.07) is 23.2. The van der Waals surface area contributed by atoms with Crippen molar-refractivity contribution in [2.75, 3.05) is 10.6 Å². The molecule has 0 spiro atoms. The lowest BCUT2D eigenvalue weighted by atomic mass is 10.1. The van der Waals surface area contributed by atoms with E-state index in [1.165, 1.54) is 0 Å². The first kappa shape index (κ1) is 18.8. The molecule has 3 aromatic carbocycles.